The molecule has 1 aliphatic rings. The average Bonchev–Trinajstić information content (AvgIpc) is 2.72. The van der Waals surface area contributed by atoms with Gasteiger partial charge in [0.25, 0.3) is 0 Å². The molecule has 0 amide bonds. The van der Waals surface area contributed by atoms with Gasteiger partial charge >= 0.3 is 0 Å². The largest absolute Gasteiger partial charge is 0.323 e. The first-order valence-corrected chi connectivity index (χ1v) is 5.39. The lowest BCUT2D eigenvalue weighted by Gasteiger charge is -2.20. The van der Waals surface area contributed by atoms with Crippen LogP contribution in [0.5, 0.6) is 0 Å². The zero-order chi connectivity index (χ0) is 9.80. The van der Waals surface area contributed by atoms with Crippen molar-refractivity contribution in [3.8, 4) is 0 Å². The van der Waals surface area contributed by atoms with Crippen LogP contribution in [0, 0.1) is 0 Å². The van der Waals surface area contributed by atoms with Crippen LogP contribution in [-0.2, 0) is 0 Å². The van der Waals surface area contributed by atoms with Gasteiger partial charge in [0.1, 0.15) is 0 Å². The number of rotatable bonds is 3. The molecule has 2 rings (SSSR count). The van der Waals surface area contributed by atoms with Crippen LogP contribution in [0.1, 0.15) is 24.4 Å². The Kier molecular flexibility index (Phi) is 7.77. The minimum absolute atomic E-state index is 0. The molecule has 1 heterocycles. The SMILES string of the molecule is Cl.Cl.N[C@@H](CN1CCCC1)c1ccccc1. The van der Waals surface area contributed by atoms with E-state index in [1.54, 1.807) is 0 Å². The van der Waals surface area contributed by atoms with Crippen molar-refractivity contribution in [2.24, 2.45) is 5.73 Å². The molecule has 0 saturated carbocycles. The molecule has 0 unspecified atom stereocenters. The summed E-state index contributed by atoms with van der Waals surface area (Å²) in [7, 11) is 0. The van der Waals surface area contributed by atoms with Gasteiger partial charge in [-0.3, -0.25) is 0 Å². The van der Waals surface area contributed by atoms with Crippen molar-refractivity contribution in [3.05, 3.63) is 35.9 Å². The van der Waals surface area contributed by atoms with Gasteiger partial charge < -0.3 is 10.6 Å². The van der Waals surface area contributed by atoms with E-state index in [0.717, 1.165) is 6.54 Å². The van der Waals surface area contributed by atoms with E-state index in [0.29, 0.717) is 0 Å². The first-order chi connectivity index (χ1) is 6.86. The Labute approximate surface area is 110 Å². The van der Waals surface area contributed by atoms with Crippen LogP contribution in [0.25, 0.3) is 0 Å². The van der Waals surface area contributed by atoms with E-state index >= 15 is 0 Å². The van der Waals surface area contributed by atoms with E-state index in [9.17, 15) is 0 Å². The van der Waals surface area contributed by atoms with Crippen LogP contribution in [-0.4, -0.2) is 24.5 Å². The van der Waals surface area contributed by atoms with Crippen molar-refractivity contribution >= 4 is 24.8 Å². The third kappa shape index (κ3) is 4.30. The van der Waals surface area contributed by atoms with Crippen LogP contribution in [0.3, 0.4) is 0 Å². The molecule has 16 heavy (non-hydrogen) atoms. The normalized spacial score (nSPS) is 17.3. The van der Waals surface area contributed by atoms with Crippen molar-refractivity contribution in [2.45, 2.75) is 18.9 Å². The van der Waals surface area contributed by atoms with Crippen LogP contribution >= 0.6 is 24.8 Å². The Morgan fingerprint density at radius 3 is 2.19 bits per heavy atom. The number of nitrogens with two attached hydrogens (primary N) is 1. The Balaban J connectivity index is 0.00000112. The zero-order valence-electron chi connectivity index (χ0n) is 9.34. The second-order valence-electron chi connectivity index (χ2n) is 4.02. The number of hydrogen-bond acceptors (Lipinski definition) is 2. The third-order valence-corrected chi connectivity index (χ3v) is 2.88. The molecule has 0 aliphatic carbocycles. The highest BCUT2D eigenvalue weighted by molar-refractivity contribution is 5.85. The summed E-state index contributed by atoms with van der Waals surface area (Å²) in [5.74, 6) is 0. The molecular formula is C12H20Cl2N2. The van der Waals surface area contributed by atoms with Crippen molar-refractivity contribution in [3.63, 3.8) is 0 Å². The van der Waals surface area contributed by atoms with Crippen LogP contribution in [0.4, 0.5) is 0 Å². The summed E-state index contributed by atoms with van der Waals surface area (Å²) in [6.45, 7) is 3.45. The van der Waals surface area contributed by atoms with Gasteiger partial charge in [0.15, 0.2) is 0 Å². The maximum atomic E-state index is 6.13. The zero-order valence-corrected chi connectivity index (χ0v) is 11.0. The number of hydrogen-bond donors (Lipinski definition) is 1. The Morgan fingerprint density at radius 2 is 1.62 bits per heavy atom. The minimum Gasteiger partial charge on any atom is -0.323 e. The maximum Gasteiger partial charge on any atom is 0.0424 e. The summed E-state index contributed by atoms with van der Waals surface area (Å²) in [6, 6.07) is 10.5. The summed E-state index contributed by atoms with van der Waals surface area (Å²) in [6.07, 6.45) is 2.67. The molecule has 92 valence electrons. The Bertz CT molecular complexity index is 274. The molecule has 2 nitrogen and oxygen atoms in total. The molecule has 1 aliphatic heterocycles. The smallest absolute Gasteiger partial charge is 0.0424 e. The standard InChI is InChI=1S/C12H18N2.2ClH/c13-12(10-14-8-4-5-9-14)11-6-2-1-3-7-11;;/h1-3,6-7,12H,4-5,8-10,13H2;2*1H/t12-;;/m0../s1. The number of halogens is 2. The highest BCUT2D eigenvalue weighted by Gasteiger charge is 2.15. The quantitative estimate of drug-likeness (QED) is 0.908. The average molecular weight is 263 g/mol. The lowest BCUT2D eigenvalue weighted by atomic mass is 10.1. The first kappa shape index (κ1) is 15.7. The van der Waals surface area contributed by atoms with Gasteiger partial charge in [-0.1, -0.05) is 30.3 Å². The second kappa shape index (κ2) is 7.91. The molecule has 1 atom stereocenters. The van der Waals surface area contributed by atoms with E-state index in [1.807, 2.05) is 6.07 Å². The van der Waals surface area contributed by atoms with E-state index in [2.05, 4.69) is 29.2 Å². The highest BCUT2D eigenvalue weighted by Crippen LogP contribution is 2.14. The predicted octanol–water partition coefficient (Wildman–Crippen LogP) is 2.63. The van der Waals surface area contributed by atoms with Gasteiger partial charge in [0, 0.05) is 12.6 Å². The molecule has 0 radical (unpaired) electrons. The summed E-state index contributed by atoms with van der Waals surface area (Å²) in [5.41, 5.74) is 7.38. The van der Waals surface area contributed by atoms with Gasteiger partial charge in [-0.15, -0.1) is 24.8 Å². The summed E-state index contributed by atoms with van der Waals surface area (Å²) in [4.78, 5) is 2.46. The molecule has 2 N–H and O–H groups in total. The van der Waals surface area contributed by atoms with Gasteiger partial charge in [-0.25, -0.2) is 0 Å². The van der Waals surface area contributed by atoms with Gasteiger partial charge in [0.2, 0.25) is 0 Å². The van der Waals surface area contributed by atoms with Crippen molar-refractivity contribution in [1.29, 1.82) is 0 Å². The fraction of sp³-hybridized carbons (Fsp3) is 0.500. The van der Waals surface area contributed by atoms with Crippen LogP contribution in [0.2, 0.25) is 0 Å². The molecular weight excluding hydrogens is 243 g/mol. The molecule has 0 aromatic heterocycles. The van der Waals surface area contributed by atoms with Gasteiger partial charge in [-0.2, -0.15) is 0 Å². The number of benzene rings is 1. The summed E-state index contributed by atoms with van der Waals surface area (Å²) in [5, 5.41) is 0. The van der Waals surface area contributed by atoms with E-state index in [-0.39, 0.29) is 30.9 Å². The fourth-order valence-electron chi connectivity index (χ4n) is 2.05. The van der Waals surface area contributed by atoms with E-state index in [4.69, 9.17) is 5.73 Å². The monoisotopic (exact) mass is 262 g/mol. The first-order valence-electron chi connectivity index (χ1n) is 5.39. The molecule has 0 bridgehead atoms. The summed E-state index contributed by atoms with van der Waals surface area (Å²) >= 11 is 0. The Morgan fingerprint density at radius 1 is 1.06 bits per heavy atom. The molecule has 1 aromatic rings. The van der Waals surface area contributed by atoms with Crippen molar-refractivity contribution < 1.29 is 0 Å². The van der Waals surface area contributed by atoms with Crippen LogP contribution < -0.4 is 5.73 Å². The second-order valence-corrected chi connectivity index (χ2v) is 4.02. The lowest BCUT2D eigenvalue weighted by Crippen LogP contribution is -2.29. The van der Waals surface area contributed by atoms with Gasteiger partial charge in [0.05, 0.1) is 0 Å². The van der Waals surface area contributed by atoms with Crippen molar-refractivity contribution in [2.75, 3.05) is 19.6 Å². The number of nitrogens with zero attached hydrogens (tertiary/aromatic N) is 1. The molecule has 1 fully saturated rings. The predicted molar refractivity (Wildman–Crippen MR) is 73.5 cm³/mol. The molecule has 4 heteroatoms. The summed E-state index contributed by atoms with van der Waals surface area (Å²) < 4.78 is 0. The molecule has 1 saturated heterocycles. The molecule has 1 aromatic carbocycles. The van der Waals surface area contributed by atoms with Gasteiger partial charge in [-0.05, 0) is 31.5 Å². The van der Waals surface area contributed by atoms with E-state index < -0.39 is 0 Å². The van der Waals surface area contributed by atoms with E-state index in [1.165, 1.54) is 31.5 Å². The Hall–Kier alpha value is -0.280. The topological polar surface area (TPSA) is 29.3 Å². The fourth-order valence-corrected chi connectivity index (χ4v) is 2.05. The highest BCUT2D eigenvalue weighted by atomic mass is 35.5. The number of likely N-dealkylation sites (tertiary alicyclic amines) is 1. The van der Waals surface area contributed by atoms with Crippen molar-refractivity contribution in [1.82, 2.24) is 4.90 Å². The molecule has 0 spiro atoms. The lowest BCUT2D eigenvalue weighted by molar-refractivity contribution is 0.316. The minimum atomic E-state index is 0. The third-order valence-electron chi connectivity index (χ3n) is 2.88. The maximum absolute atomic E-state index is 6.13. The van der Waals surface area contributed by atoms with Crippen LogP contribution in [0.15, 0.2) is 30.3 Å².